The second kappa shape index (κ2) is 7.21. The van der Waals surface area contributed by atoms with Gasteiger partial charge in [-0.3, -0.25) is 9.36 Å². The van der Waals surface area contributed by atoms with E-state index in [4.69, 9.17) is 11.6 Å². The number of nitrogens with zero attached hydrogens (tertiary/aromatic N) is 5. The highest BCUT2D eigenvalue weighted by Gasteiger charge is 2.16. The van der Waals surface area contributed by atoms with E-state index in [1.54, 1.807) is 36.5 Å². The Morgan fingerprint density at radius 3 is 2.36 bits per heavy atom. The number of benzene rings is 2. The fraction of sp³-hybridized carbons (Fsp3) is 0.0500. The topological polar surface area (TPSA) is 82.7 Å². The molecule has 28 heavy (non-hydrogen) atoms. The Labute approximate surface area is 164 Å². The molecule has 4 aromatic rings. The molecule has 0 N–H and O–H groups in total. The van der Waals surface area contributed by atoms with Crippen LogP contribution in [-0.2, 0) is 7.05 Å². The van der Waals surface area contributed by atoms with Gasteiger partial charge in [0.1, 0.15) is 5.69 Å². The minimum Gasteiger partial charge on any atom is -0.267 e. The van der Waals surface area contributed by atoms with Crippen LogP contribution in [0.2, 0.25) is 5.02 Å². The summed E-state index contributed by atoms with van der Waals surface area (Å²) in [6, 6.07) is 17.6. The van der Waals surface area contributed by atoms with Gasteiger partial charge in [-0.15, -0.1) is 0 Å². The molecule has 0 aliphatic heterocycles. The van der Waals surface area contributed by atoms with Crippen molar-refractivity contribution in [3.8, 4) is 28.5 Å². The first-order valence-corrected chi connectivity index (χ1v) is 8.77. The second-order valence-electron chi connectivity index (χ2n) is 6.02. The van der Waals surface area contributed by atoms with E-state index in [-0.39, 0.29) is 5.69 Å². The van der Waals surface area contributed by atoms with Crippen molar-refractivity contribution in [2.75, 3.05) is 0 Å². The predicted octanol–water partition coefficient (Wildman–Crippen LogP) is 2.71. The maximum absolute atomic E-state index is 12.7. The Hall–Kier alpha value is -3.58. The van der Waals surface area contributed by atoms with Crippen LogP contribution in [0.25, 0.3) is 28.5 Å². The number of aromatic nitrogens is 5. The van der Waals surface area contributed by atoms with Gasteiger partial charge < -0.3 is 0 Å². The summed E-state index contributed by atoms with van der Waals surface area (Å²) < 4.78 is 2.15. The highest BCUT2D eigenvalue weighted by Crippen LogP contribution is 2.17. The summed E-state index contributed by atoms with van der Waals surface area (Å²) in [5.41, 5.74) is 0.589. The summed E-state index contributed by atoms with van der Waals surface area (Å²) in [7, 11) is 1.40. The predicted molar refractivity (Wildman–Crippen MR) is 107 cm³/mol. The monoisotopic (exact) mass is 391 g/mol. The third-order valence-corrected chi connectivity index (χ3v) is 4.43. The van der Waals surface area contributed by atoms with Gasteiger partial charge in [-0.2, -0.15) is 9.78 Å². The van der Waals surface area contributed by atoms with E-state index in [1.807, 2.05) is 30.3 Å². The van der Waals surface area contributed by atoms with E-state index in [1.165, 1.54) is 7.05 Å². The van der Waals surface area contributed by atoms with Crippen molar-refractivity contribution < 1.29 is 0 Å². The zero-order valence-electron chi connectivity index (χ0n) is 14.8. The van der Waals surface area contributed by atoms with Gasteiger partial charge in [0.05, 0.1) is 5.69 Å². The van der Waals surface area contributed by atoms with Gasteiger partial charge in [0.15, 0.2) is 11.5 Å². The van der Waals surface area contributed by atoms with Gasteiger partial charge in [-0.25, -0.2) is 14.8 Å². The maximum Gasteiger partial charge on any atom is 0.351 e. The number of rotatable bonds is 3. The molecule has 2 heterocycles. The Bertz CT molecular complexity index is 1260. The molecule has 0 unspecified atom stereocenters. The minimum absolute atomic E-state index is 0.0524. The van der Waals surface area contributed by atoms with Crippen molar-refractivity contribution in [3.05, 3.63) is 92.7 Å². The molecular weight excluding hydrogens is 378 g/mol. The standard InChI is InChI=1S/C20H14ClN5O2/c1-25-19(27)17(24-26(20(25)28)15-9-7-14(21)8-10-15)16-11-12-22-18(23-16)13-5-3-2-4-6-13/h2-12H,1H3. The average molecular weight is 392 g/mol. The highest BCUT2D eigenvalue weighted by atomic mass is 35.5. The normalized spacial score (nSPS) is 10.8. The lowest BCUT2D eigenvalue weighted by Crippen LogP contribution is -2.40. The molecular formula is C20H14ClN5O2. The Balaban J connectivity index is 1.90. The van der Waals surface area contributed by atoms with Crippen LogP contribution >= 0.6 is 11.6 Å². The third kappa shape index (κ3) is 3.23. The molecule has 4 rings (SSSR count). The summed E-state index contributed by atoms with van der Waals surface area (Å²) in [5.74, 6) is 0.464. The molecule has 0 bridgehead atoms. The SMILES string of the molecule is Cn1c(=O)c(-c2ccnc(-c3ccccc3)n2)nn(-c2ccc(Cl)cc2)c1=O. The quantitative estimate of drug-likeness (QED) is 0.536. The van der Waals surface area contributed by atoms with Crippen LogP contribution in [0, 0.1) is 0 Å². The lowest BCUT2D eigenvalue weighted by Gasteiger charge is -2.09. The van der Waals surface area contributed by atoms with Crippen molar-refractivity contribution in [2.24, 2.45) is 7.05 Å². The molecule has 7 nitrogen and oxygen atoms in total. The van der Waals surface area contributed by atoms with E-state index in [0.717, 1.165) is 14.8 Å². The van der Waals surface area contributed by atoms with E-state index < -0.39 is 11.2 Å². The summed E-state index contributed by atoms with van der Waals surface area (Å²) >= 11 is 5.92. The van der Waals surface area contributed by atoms with Gasteiger partial charge in [0.25, 0.3) is 5.56 Å². The first-order chi connectivity index (χ1) is 13.5. The molecule has 0 aliphatic carbocycles. The van der Waals surface area contributed by atoms with Gasteiger partial charge >= 0.3 is 5.69 Å². The van der Waals surface area contributed by atoms with Crippen molar-refractivity contribution in [1.29, 1.82) is 0 Å². The zero-order valence-corrected chi connectivity index (χ0v) is 15.5. The zero-order chi connectivity index (χ0) is 19.7. The molecule has 0 radical (unpaired) electrons. The molecule has 0 fully saturated rings. The summed E-state index contributed by atoms with van der Waals surface area (Å²) in [6.45, 7) is 0. The largest absolute Gasteiger partial charge is 0.351 e. The van der Waals surface area contributed by atoms with Crippen LogP contribution in [0.5, 0.6) is 0 Å². The van der Waals surface area contributed by atoms with Crippen molar-refractivity contribution in [2.45, 2.75) is 0 Å². The maximum atomic E-state index is 12.7. The van der Waals surface area contributed by atoms with Crippen molar-refractivity contribution in [1.82, 2.24) is 24.3 Å². The van der Waals surface area contributed by atoms with E-state index in [0.29, 0.717) is 22.2 Å². The first kappa shape index (κ1) is 17.8. The Kier molecular flexibility index (Phi) is 4.58. The molecule has 0 amide bonds. The van der Waals surface area contributed by atoms with Gasteiger partial charge in [0, 0.05) is 23.8 Å². The Morgan fingerprint density at radius 2 is 1.64 bits per heavy atom. The molecule has 0 spiro atoms. The lowest BCUT2D eigenvalue weighted by atomic mass is 10.2. The number of hydrogen-bond acceptors (Lipinski definition) is 5. The average Bonchev–Trinajstić information content (AvgIpc) is 2.74. The molecule has 2 aromatic heterocycles. The van der Waals surface area contributed by atoms with Gasteiger partial charge in [-0.05, 0) is 30.3 Å². The highest BCUT2D eigenvalue weighted by molar-refractivity contribution is 6.30. The van der Waals surface area contributed by atoms with Crippen LogP contribution in [0.15, 0.2) is 76.4 Å². The molecule has 0 saturated heterocycles. The van der Waals surface area contributed by atoms with Crippen LogP contribution in [0.4, 0.5) is 0 Å². The van der Waals surface area contributed by atoms with Crippen LogP contribution in [0.3, 0.4) is 0 Å². The van der Waals surface area contributed by atoms with E-state index in [9.17, 15) is 9.59 Å². The molecule has 0 aliphatic rings. The van der Waals surface area contributed by atoms with E-state index >= 15 is 0 Å². The Morgan fingerprint density at radius 1 is 0.929 bits per heavy atom. The fourth-order valence-electron chi connectivity index (χ4n) is 2.70. The van der Waals surface area contributed by atoms with E-state index in [2.05, 4.69) is 15.1 Å². The molecule has 138 valence electrons. The van der Waals surface area contributed by atoms with Crippen molar-refractivity contribution in [3.63, 3.8) is 0 Å². The summed E-state index contributed by atoms with van der Waals surface area (Å²) in [5, 5.41) is 4.81. The molecule has 0 saturated carbocycles. The molecule has 0 atom stereocenters. The molecule has 2 aromatic carbocycles. The summed E-state index contributed by atoms with van der Waals surface area (Å²) in [6.07, 6.45) is 1.56. The summed E-state index contributed by atoms with van der Waals surface area (Å²) in [4.78, 5) is 34.0. The fourth-order valence-corrected chi connectivity index (χ4v) is 2.83. The molecule has 8 heteroatoms. The third-order valence-electron chi connectivity index (χ3n) is 4.18. The first-order valence-electron chi connectivity index (χ1n) is 8.40. The smallest absolute Gasteiger partial charge is 0.267 e. The minimum atomic E-state index is -0.562. The second-order valence-corrected chi connectivity index (χ2v) is 6.45. The van der Waals surface area contributed by atoms with Crippen LogP contribution < -0.4 is 11.2 Å². The van der Waals surface area contributed by atoms with Crippen LogP contribution in [-0.4, -0.2) is 24.3 Å². The lowest BCUT2D eigenvalue weighted by molar-refractivity contribution is 0.659. The van der Waals surface area contributed by atoms with Crippen molar-refractivity contribution >= 4 is 11.6 Å². The van der Waals surface area contributed by atoms with Gasteiger partial charge in [0.2, 0.25) is 0 Å². The number of halogens is 1. The van der Waals surface area contributed by atoms with Crippen LogP contribution in [0.1, 0.15) is 0 Å². The van der Waals surface area contributed by atoms with Gasteiger partial charge in [-0.1, -0.05) is 41.9 Å². The number of hydrogen-bond donors (Lipinski definition) is 0.